The van der Waals surface area contributed by atoms with Gasteiger partial charge in [-0.25, -0.2) is 0 Å². The van der Waals surface area contributed by atoms with Gasteiger partial charge in [0.2, 0.25) is 0 Å². The topological polar surface area (TPSA) is 52.6 Å². The zero-order chi connectivity index (χ0) is 18.1. The van der Waals surface area contributed by atoms with Crippen LogP contribution in [-0.4, -0.2) is 25.7 Å². The van der Waals surface area contributed by atoms with Crippen LogP contribution in [-0.2, 0) is 24.5 Å². The van der Waals surface area contributed by atoms with E-state index < -0.39 is 17.3 Å². The van der Waals surface area contributed by atoms with Gasteiger partial charge < -0.3 is 9.47 Å². The number of carbonyl (C=O) groups is 2. The predicted molar refractivity (Wildman–Crippen MR) is 94.6 cm³/mol. The average molecular weight is 348 g/mol. The molecule has 0 radical (unpaired) electrons. The molecule has 4 heteroatoms. The molecule has 0 aromatic heterocycles. The number of hydrogen-bond acceptors (Lipinski definition) is 4. The number of rotatable bonds is 1. The molecule has 3 aliphatic carbocycles. The number of ether oxygens (including phenoxy) is 2. The van der Waals surface area contributed by atoms with E-state index in [-0.39, 0.29) is 23.8 Å². The summed E-state index contributed by atoms with van der Waals surface area (Å²) in [5, 5.41) is 0. The summed E-state index contributed by atoms with van der Waals surface area (Å²) in [6.07, 6.45) is 0. The van der Waals surface area contributed by atoms with Gasteiger partial charge in [0.25, 0.3) is 0 Å². The van der Waals surface area contributed by atoms with E-state index in [1.54, 1.807) is 0 Å². The van der Waals surface area contributed by atoms with E-state index >= 15 is 0 Å². The molecule has 2 aromatic rings. The molecule has 0 saturated carbocycles. The van der Waals surface area contributed by atoms with Gasteiger partial charge in [-0.1, -0.05) is 55.5 Å². The Kier molecular flexibility index (Phi) is 3.12. The summed E-state index contributed by atoms with van der Waals surface area (Å²) in [5.41, 5.74) is 4.06. The van der Waals surface area contributed by atoms with Crippen molar-refractivity contribution in [3.63, 3.8) is 0 Å². The van der Waals surface area contributed by atoms with Gasteiger partial charge >= 0.3 is 11.9 Å². The summed E-state index contributed by atoms with van der Waals surface area (Å²) in [6.45, 7) is 2.48. The van der Waals surface area contributed by atoms with E-state index in [4.69, 9.17) is 9.47 Å². The molecule has 26 heavy (non-hydrogen) atoms. The Morgan fingerprint density at radius 1 is 1.08 bits per heavy atom. The lowest BCUT2D eigenvalue weighted by Gasteiger charge is -2.59. The highest BCUT2D eigenvalue weighted by atomic mass is 16.5. The van der Waals surface area contributed by atoms with Crippen molar-refractivity contribution in [2.45, 2.75) is 18.3 Å². The van der Waals surface area contributed by atoms with Gasteiger partial charge in [-0.2, -0.15) is 0 Å². The molecule has 6 rings (SSSR count). The van der Waals surface area contributed by atoms with Crippen molar-refractivity contribution in [3.8, 4) is 0 Å². The Hall–Kier alpha value is -2.62. The Morgan fingerprint density at radius 2 is 1.65 bits per heavy atom. The fourth-order valence-electron chi connectivity index (χ4n) is 5.81. The maximum Gasteiger partial charge on any atom is 0.311 e. The monoisotopic (exact) mass is 348 g/mol. The van der Waals surface area contributed by atoms with Crippen molar-refractivity contribution < 1.29 is 19.1 Å². The van der Waals surface area contributed by atoms with Crippen LogP contribution in [0.15, 0.2) is 48.5 Å². The van der Waals surface area contributed by atoms with E-state index in [9.17, 15) is 9.59 Å². The van der Waals surface area contributed by atoms with Gasteiger partial charge in [0, 0.05) is 17.3 Å². The first-order valence-electron chi connectivity index (χ1n) is 9.05. The molecule has 1 heterocycles. The van der Waals surface area contributed by atoms with Crippen molar-refractivity contribution in [1.29, 1.82) is 0 Å². The minimum Gasteiger partial charge on any atom is -0.469 e. The molecule has 0 N–H and O–H groups in total. The molecule has 0 unspecified atom stereocenters. The van der Waals surface area contributed by atoms with Crippen LogP contribution in [0.1, 0.15) is 35.1 Å². The summed E-state index contributed by atoms with van der Waals surface area (Å²) in [5.74, 6) is -1.83. The third-order valence-corrected chi connectivity index (χ3v) is 6.67. The zero-order valence-electron chi connectivity index (χ0n) is 14.8. The summed E-state index contributed by atoms with van der Waals surface area (Å²) in [7, 11) is 1.40. The second-order valence-corrected chi connectivity index (χ2v) is 7.58. The number of carbonyl (C=O) groups excluding carboxylic acids is 2. The maximum absolute atomic E-state index is 13.0. The van der Waals surface area contributed by atoms with Crippen LogP contribution in [0, 0.1) is 17.8 Å². The van der Waals surface area contributed by atoms with Crippen LogP contribution in [0.3, 0.4) is 0 Å². The molecule has 2 aromatic carbocycles. The van der Waals surface area contributed by atoms with Crippen molar-refractivity contribution >= 4 is 11.9 Å². The highest BCUT2D eigenvalue weighted by Crippen LogP contribution is 2.65. The van der Waals surface area contributed by atoms with Gasteiger partial charge in [-0.05, 0) is 22.3 Å². The number of cyclic esters (lactones) is 1. The van der Waals surface area contributed by atoms with Crippen molar-refractivity contribution in [3.05, 3.63) is 70.8 Å². The van der Waals surface area contributed by atoms with Gasteiger partial charge in [-0.3, -0.25) is 9.59 Å². The van der Waals surface area contributed by atoms with Crippen LogP contribution >= 0.6 is 0 Å². The first-order valence-corrected chi connectivity index (χ1v) is 9.05. The summed E-state index contributed by atoms with van der Waals surface area (Å²) in [4.78, 5) is 25.8. The Morgan fingerprint density at radius 3 is 2.23 bits per heavy atom. The van der Waals surface area contributed by atoms with Crippen LogP contribution in [0.25, 0.3) is 0 Å². The normalized spacial score (nSPS) is 33.5. The largest absolute Gasteiger partial charge is 0.469 e. The number of benzene rings is 2. The lowest BCUT2D eigenvalue weighted by molar-refractivity contribution is -0.175. The van der Waals surface area contributed by atoms with Gasteiger partial charge in [0.1, 0.15) is 0 Å². The Bertz CT molecular complexity index is 884. The fraction of sp³-hybridized carbons (Fsp3) is 0.364. The van der Waals surface area contributed by atoms with Crippen molar-refractivity contribution in [2.24, 2.45) is 17.8 Å². The third-order valence-electron chi connectivity index (χ3n) is 6.67. The molecular weight excluding hydrogens is 328 g/mol. The SMILES string of the molecule is COC(=O)[C@@H]1C2c3ccccc3C3(c4ccccc42)[C@H](C)COC(=O)[C@@H]13. The molecular formula is C22H20O4. The van der Waals surface area contributed by atoms with E-state index in [2.05, 4.69) is 31.2 Å². The van der Waals surface area contributed by atoms with Crippen LogP contribution in [0.5, 0.6) is 0 Å². The Labute approximate surface area is 152 Å². The first kappa shape index (κ1) is 15.6. The standard InChI is InChI=1S/C22H20O4/c1-12-11-26-21(24)19-18(20(23)25-2)17-13-7-3-5-9-15(13)22(12,19)16-10-6-4-8-14(16)17/h3-10,12,17-19H,11H2,1-2H3/t12-,17?,18-,19-,22?/m1/s1. The Balaban J connectivity index is 1.93. The lowest BCUT2D eigenvalue weighted by Crippen LogP contribution is -2.63. The first-order chi connectivity index (χ1) is 12.6. The highest BCUT2D eigenvalue weighted by Gasteiger charge is 2.67. The molecule has 1 spiro atoms. The molecule has 1 saturated heterocycles. The molecule has 1 fully saturated rings. The van der Waals surface area contributed by atoms with E-state index in [1.165, 1.54) is 7.11 Å². The van der Waals surface area contributed by atoms with Crippen LogP contribution in [0.2, 0.25) is 0 Å². The van der Waals surface area contributed by atoms with Crippen molar-refractivity contribution in [2.75, 3.05) is 13.7 Å². The third kappa shape index (κ3) is 1.61. The second kappa shape index (κ2) is 5.19. The van der Waals surface area contributed by atoms with Gasteiger partial charge in [-0.15, -0.1) is 0 Å². The molecule has 3 atom stereocenters. The molecule has 0 amide bonds. The molecule has 2 bridgehead atoms. The van der Waals surface area contributed by atoms with Crippen molar-refractivity contribution in [1.82, 2.24) is 0 Å². The fourth-order valence-corrected chi connectivity index (χ4v) is 5.81. The zero-order valence-corrected chi connectivity index (χ0v) is 14.8. The summed E-state index contributed by atoms with van der Waals surface area (Å²) < 4.78 is 10.7. The smallest absolute Gasteiger partial charge is 0.311 e. The number of hydrogen-bond donors (Lipinski definition) is 0. The second-order valence-electron chi connectivity index (χ2n) is 7.58. The lowest BCUT2D eigenvalue weighted by atomic mass is 9.43. The summed E-state index contributed by atoms with van der Waals surface area (Å²) >= 11 is 0. The van der Waals surface area contributed by atoms with E-state index in [0.717, 1.165) is 22.3 Å². The quantitative estimate of drug-likeness (QED) is 0.744. The summed E-state index contributed by atoms with van der Waals surface area (Å²) in [6, 6.07) is 16.5. The predicted octanol–water partition coefficient (Wildman–Crippen LogP) is 3.03. The highest BCUT2D eigenvalue weighted by molar-refractivity contribution is 5.90. The van der Waals surface area contributed by atoms with Crippen LogP contribution < -0.4 is 0 Å². The molecule has 1 aliphatic heterocycles. The van der Waals surface area contributed by atoms with E-state index in [0.29, 0.717) is 6.61 Å². The van der Waals surface area contributed by atoms with Gasteiger partial charge in [0.15, 0.2) is 0 Å². The molecule has 4 aliphatic rings. The van der Waals surface area contributed by atoms with Crippen LogP contribution in [0.4, 0.5) is 0 Å². The maximum atomic E-state index is 13.0. The number of esters is 2. The van der Waals surface area contributed by atoms with Gasteiger partial charge in [0.05, 0.1) is 25.6 Å². The number of methoxy groups -OCH3 is 1. The van der Waals surface area contributed by atoms with E-state index in [1.807, 2.05) is 24.3 Å². The molecule has 132 valence electrons. The minimum atomic E-state index is -0.556. The average Bonchev–Trinajstić information content (AvgIpc) is 2.69. The minimum absolute atomic E-state index is 0.0703. The molecule has 4 nitrogen and oxygen atoms in total.